The summed E-state index contributed by atoms with van der Waals surface area (Å²) in [5.41, 5.74) is 3.11. The van der Waals surface area contributed by atoms with E-state index in [4.69, 9.17) is 0 Å². The van der Waals surface area contributed by atoms with Crippen molar-refractivity contribution in [2.24, 2.45) is 0 Å². The van der Waals surface area contributed by atoms with Crippen LogP contribution in [0.4, 0.5) is 5.69 Å². The molecule has 2 aromatic carbocycles. The second-order valence-corrected chi connectivity index (χ2v) is 11.8. The maximum Gasteiger partial charge on any atom is 0.0425 e. The Morgan fingerprint density at radius 3 is 1.88 bits per heavy atom. The number of unbranched alkanes of at least 4 members (excludes halogenated alkanes) is 13. The Morgan fingerprint density at radius 1 is 0.788 bits per heavy atom. The lowest BCUT2D eigenvalue weighted by Gasteiger charge is -2.31. The van der Waals surface area contributed by atoms with Crippen LogP contribution in [-0.2, 0) is 5.41 Å². The molecule has 0 amide bonds. The molecule has 1 unspecified atom stereocenters. The Morgan fingerprint density at radius 2 is 1.30 bits per heavy atom. The fourth-order valence-electron chi connectivity index (χ4n) is 5.73. The van der Waals surface area contributed by atoms with Crippen molar-refractivity contribution in [1.82, 2.24) is 0 Å². The van der Waals surface area contributed by atoms with Gasteiger partial charge in [-0.25, -0.2) is 0 Å². The molecule has 0 radical (unpaired) electrons. The molecule has 0 saturated heterocycles. The van der Waals surface area contributed by atoms with Gasteiger partial charge in [-0.15, -0.1) is 0 Å². The van der Waals surface area contributed by atoms with Gasteiger partial charge in [-0.3, -0.25) is 0 Å². The molecule has 2 heteroatoms. The number of hydrogen-bond donors (Lipinski definition) is 0. The molecule has 0 saturated carbocycles. The highest BCUT2D eigenvalue weighted by Gasteiger charge is 2.43. The summed E-state index contributed by atoms with van der Waals surface area (Å²) in [6, 6.07) is 11.8. The Balaban J connectivity index is 1.37. The quantitative estimate of drug-likeness (QED) is 0.214. The van der Waals surface area contributed by atoms with Gasteiger partial charge in [0.1, 0.15) is 0 Å². The normalized spacial score (nSPS) is 17.1. The first-order chi connectivity index (χ1) is 16.0. The van der Waals surface area contributed by atoms with Crippen LogP contribution in [0.5, 0.6) is 0 Å². The summed E-state index contributed by atoms with van der Waals surface area (Å²) in [6.45, 7) is 10.7. The van der Waals surface area contributed by atoms with Crippen LogP contribution in [0.1, 0.15) is 123 Å². The van der Waals surface area contributed by atoms with Crippen molar-refractivity contribution < 1.29 is 0 Å². The molecule has 1 nitrogen and oxygen atoms in total. The third kappa shape index (κ3) is 6.77. The predicted molar refractivity (Wildman–Crippen MR) is 152 cm³/mol. The van der Waals surface area contributed by atoms with Crippen molar-refractivity contribution in [3.8, 4) is 0 Å². The first-order valence-electron chi connectivity index (χ1n) is 14.0. The van der Waals surface area contributed by atoms with Gasteiger partial charge in [0.2, 0.25) is 0 Å². The van der Waals surface area contributed by atoms with E-state index in [1.165, 1.54) is 123 Å². The van der Waals surface area contributed by atoms with E-state index >= 15 is 0 Å². The Labute approximate surface area is 212 Å². The lowest BCUT2D eigenvalue weighted by molar-refractivity contribution is 0.435. The van der Waals surface area contributed by atoms with Gasteiger partial charge in [-0.2, -0.15) is 0 Å². The van der Waals surface area contributed by atoms with Gasteiger partial charge in [-0.1, -0.05) is 129 Å². The molecule has 0 N–H and O–H groups in total. The molecule has 1 heterocycles. The molecule has 1 aliphatic rings. The highest BCUT2D eigenvalue weighted by atomic mass is 79.9. The molecule has 0 bridgehead atoms. The molecular weight excluding hydrogens is 466 g/mol. The van der Waals surface area contributed by atoms with Crippen LogP contribution in [0.2, 0.25) is 0 Å². The van der Waals surface area contributed by atoms with Gasteiger partial charge in [0, 0.05) is 28.2 Å². The lowest BCUT2D eigenvalue weighted by atomic mass is 9.80. The fourth-order valence-corrected chi connectivity index (χ4v) is 6.80. The zero-order chi connectivity index (χ0) is 23.7. The minimum Gasteiger partial charge on any atom is -0.368 e. The Kier molecular flexibility index (Phi) is 10.6. The lowest BCUT2D eigenvalue weighted by Crippen LogP contribution is -2.39. The summed E-state index contributed by atoms with van der Waals surface area (Å²) in [6.07, 6.45) is 19.9. The van der Waals surface area contributed by atoms with E-state index in [-0.39, 0.29) is 5.41 Å². The van der Waals surface area contributed by atoms with E-state index < -0.39 is 0 Å². The smallest absolute Gasteiger partial charge is 0.0425 e. The summed E-state index contributed by atoms with van der Waals surface area (Å²) in [7, 11) is 0. The minimum absolute atomic E-state index is 0.161. The molecule has 3 rings (SSSR count). The second-order valence-electron chi connectivity index (χ2n) is 11.0. The van der Waals surface area contributed by atoms with Gasteiger partial charge in [-0.05, 0) is 51.7 Å². The van der Waals surface area contributed by atoms with Gasteiger partial charge < -0.3 is 4.90 Å². The first kappa shape index (κ1) is 26.6. The van der Waals surface area contributed by atoms with E-state index in [1.807, 2.05) is 0 Å². The zero-order valence-corrected chi connectivity index (χ0v) is 23.5. The van der Waals surface area contributed by atoms with E-state index in [1.54, 1.807) is 0 Å². The second kappa shape index (κ2) is 13.2. The topological polar surface area (TPSA) is 3.24 Å². The number of halogens is 1. The Bertz CT molecular complexity index is 855. The van der Waals surface area contributed by atoms with Gasteiger partial charge in [0.05, 0.1) is 0 Å². The SMILES string of the molecule is CCCCCCCCCCCCCCCCN1c2cc3ccccc3c(Br)c2C(C)(C)C1C. The molecule has 184 valence electrons. The first-order valence-corrected chi connectivity index (χ1v) is 14.8. The van der Waals surface area contributed by atoms with Gasteiger partial charge in [0.15, 0.2) is 0 Å². The molecule has 0 aromatic heterocycles. The molecule has 1 aliphatic heterocycles. The van der Waals surface area contributed by atoms with Gasteiger partial charge >= 0.3 is 0 Å². The predicted octanol–water partition coefficient (Wildman–Crippen LogP) is 10.6. The van der Waals surface area contributed by atoms with Crippen molar-refractivity contribution in [3.63, 3.8) is 0 Å². The van der Waals surface area contributed by atoms with Crippen LogP contribution in [0.3, 0.4) is 0 Å². The monoisotopic (exact) mass is 513 g/mol. The summed E-state index contributed by atoms with van der Waals surface area (Å²) < 4.78 is 1.30. The van der Waals surface area contributed by atoms with Gasteiger partial charge in [0.25, 0.3) is 0 Å². The average molecular weight is 515 g/mol. The van der Waals surface area contributed by atoms with Crippen LogP contribution in [0.15, 0.2) is 34.8 Å². The van der Waals surface area contributed by atoms with Crippen LogP contribution in [0.25, 0.3) is 10.8 Å². The van der Waals surface area contributed by atoms with Crippen molar-refractivity contribution in [2.75, 3.05) is 11.4 Å². The van der Waals surface area contributed by atoms with E-state index in [0.29, 0.717) is 6.04 Å². The van der Waals surface area contributed by atoms with Crippen molar-refractivity contribution in [2.45, 2.75) is 129 Å². The van der Waals surface area contributed by atoms with Crippen molar-refractivity contribution in [3.05, 3.63) is 40.4 Å². The molecular formula is C31H48BrN. The summed E-state index contributed by atoms with van der Waals surface area (Å²) >= 11 is 3.98. The van der Waals surface area contributed by atoms with Crippen LogP contribution in [0, 0.1) is 0 Å². The zero-order valence-electron chi connectivity index (χ0n) is 21.9. The maximum absolute atomic E-state index is 3.98. The summed E-state index contributed by atoms with van der Waals surface area (Å²) in [5, 5.41) is 2.69. The number of nitrogens with zero attached hydrogens (tertiary/aromatic N) is 1. The minimum atomic E-state index is 0.161. The maximum atomic E-state index is 3.98. The molecule has 0 fully saturated rings. The number of benzene rings is 2. The third-order valence-corrected chi connectivity index (χ3v) is 9.01. The molecule has 1 atom stereocenters. The van der Waals surface area contributed by atoms with Crippen molar-refractivity contribution in [1.29, 1.82) is 0 Å². The standard InChI is InChI=1S/C31H48BrN/c1-5-6-7-8-9-10-11-12-13-14-15-16-17-20-23-33-25(2)31(3,4)29-28(33)24-26-21-18-19-22-27(26)30(29)32/h18-19,21-22,24-25H,5-17,20,23H2,1-4H3. The number of fused-ring (bicyclic) bond motifs is 2. The van der Waals surface area contributed by atoms with E-state index in [2.05, 4.69) is 78.9 Å². The highest BCUT2D eigenvalue weighted by Crippen LogP contribution is 2.50. The molecule has 0 spiro atoms. The van der Waals surface area contributed by atoms with E-state index in [9.17, 15) is 0 Å². The molecule has 2 aromatic rings. The number of anilines is 1. The van der Waals surface area contributed by atoms with Crippen LogP contribution >= 0.6 is 15.9 Å². The summed E-state index contributed by atoms with van der Waals surface area (Å²) in [4.78, 5) is 2.69. The summed E-state index contributed by atoms with van der Waals surface area (Å²) in [5.74, 6) is 0. The number of hydrogen-bond acceptors (Lipinski definition) is 1. The molecule has 33 heavy (non-hydrogen) atoms. The average Bonchev–Trinajstić information content (AvgIpc) is 2.99. The van der Waals surface area contributed by atoms with Crippen LogP contribution in [-0.4, -0.2) is 12.6 Å². The Hall–Kier alpha value is -1.02. The third-order valence-electron chi connectivity index (χ3n) is 8.18. The number of rotatable bonds is 15. The largest absolute Gasteiger partial charge is 0.368 e. The van der Waals surface area contributed by atoms with Crippen LogP contribution < -0.4 is 4.90 Å². The van der Waals surface area contributed by atoms with Crippen molar-refractivity contribution >= 4 is 32.4 Å². The fraction of sp³-hybridized carbons (Fsp3) is 0.677. The van der Waals surface area contributed by atoms with E-state index in [0.717, 1.165) is 0 Å². The highest BCUT2D eigenvalue weighted by molar-refractivity contribution is 9.10. The molecule has 0 aliphatic carbocycles.